The Labute approximate surface area is 265 Å². The van der Waals surface area contributed by atoms with Gasteiger partial charge in [-0.25, -0.2) is 9.59 Å². The number of rotatable bonds is 6. The number of halogens is 1. The van der Waals surface area contributed by atoms with Crippen molar-refractivity contribution in [3.8, 4) is 0 Å². The number of aromatic nitrogens is 1. The highest BCUT2D eigenvalue weighted by molar-refractivity contribution is 7.14. The molecular formula is C31H37ClN8O3S. The largest absolute Gasteiger partial charge is 0.397 e. The zero-order valence-corrected chi connectivity index (χ0v) is 26.2. The Kier molecular flexibility index (Phi) is 8.81. The molecule has 44 heavy (non-hydrogen) atoms. The van der Waals surface area contributed by atoms with Crippen LogP contribution in [0.5, 0.6) is 0 Å². The summed E-state index contributed by atoms with van der Waals surface area (Å²) in [5.41, 5.74) is 10.4. The van der Waals surface area contributed by atoms with Crippen LogP contribution in [0, 0.1) is 6.92 Å². The SMILES string of the molecule is Cc1cc(C[C@@H](NC(=O)N2CCC(N3Cc4ccsc4NC3=O)CC2)C(=O)N2CCN(c3ccncc3)CC2)cc(Cl)c1N. The summed E-state index contributed by atoms with van der Waals surface area (Å²) in [5, 5.41) is 9.36. The molecule has 1 aromatic carbocycles. The maximum atomic E-state index is 13.9. The second-order valence-electron chi connectivity index (χ2n) is 11.6. The van der Waals surface area contributed by atoms with E-state index >= 15 is 0 Å². The molecule has 4 N–H and O–H groups in total. The molecule has 0 aliphatic carbocycles. The second-order valence-corrected chi connectivity index (χ2v) is 12.9. The molecule has 0 saturated carbocycles. The van der Waals surface area contributed by atoms with Crippen molar-refractivity contribution in [3.05, 3.63) is 69.8 Å². The molecule has 0 spiro atoms. The van der Waals surface area contributed by atoms with E-state index in [2.05, 4.69) is 20.5 Å². The molecule has 2 saturated heterocycles. The van der Waals surface area contributed by atoms with Crippen molar-refractivity contribution in [1.82, 2.24) is 25.0 Å². The van der Waals surface area contributed by atoms with E-state index in [1.165, 1.54) is 11.3 Å². The molecule has 232 valence electrons. The third-order valence-electron chi connectivity index (χ3n) is 8.81. The van der Waals surface area contributed by atoms with Gasteiger partial charge in [0.05, 0.1) is 17.3 Å². The Morgan fingerprint density at radius 2 is 1.82 bits per heavy atom. The number of thiophene rings is 1. The van der Waals surface area contributed by atoms with E-state index in [9.17, 15) is 14.4 Å². The van der Waals surface area contributed by atoms with Crippen LogP contribution in [0.4, 0.5) is 26.0 Å². The standard InChI is InChI=1S/C31H37ClN8O3S/c1-20-16-21(17-25(32)27(20)33)18-26(29(41)38-13-11-37(12-14-38)23-2-7-34-8-3-23)35-30(42)39-9-4-24(5-10-39)40-19-22-6-15-44-28(22)36-31(40)43/h2-3,6-8,15-17,24,26H,4-5,9-14,18-19,33H2,1H3,(H,35,42)(H,36,43)/t26-/m1/s1. The zero-order valence-electron chi connectivity index (χ0n) is 24.7. The van der Waals surface area contributed by atoms with Gasteiger partial charge in [-0.3, -0.25) is 15.1 Å². The number of urea groups is 2. The molecule has 5 amide bonds. The lowest BCUT2D eigenvalue weighted by atomic mass is 10.0. The predicted octanol–water partition coefficient (Wildman–Crippen LogP) is 4.17. The van der Waals surface area contributed by atoms with Gasteiger partial charge in [0.2, 0.25) is 5.91 Å². The van der Waals surface area contributed by atoms with E-state index in [0.29, 0.717) is 75.8 Å². The number of fused-ring (bicyclic) bond motifs is 1. The Hall–Kier alpha value is -4.03. The topological polar surface area (TPSA) is 127 Å². The lowest BCUT2D eigenvalue weighted by Crippen LogP contribution is -2.58. The highest BCUT2D eigenvalue weighted by Gasteiger charge is 2.35. The average Bonchev–Trinajstić information content (AvgIpc) is 3.50. The van der Waals surface area contributed by atoms with Crippen molar-refractivity contribution in [2.75, 3.05) is 55.2 Å². The molecule has 13 heteroatoms. The summed E-state index contributed by atoms with van der Waals surface area (Å²) in [5.74, 6) is -0.121. The minimum atomic E-state index is -0.767. The molecule has 1 atom stereocenters. The molecule has 0 radical (unpaired) electrons. The van der Waals surface area contributed by atoms with Crippen molar-refractivity contribution < 1.29 is 14.4 Å². The number of hydrogen-bond donors (Lipinski definition) is 3. The summed E-state index contributed by atoms with van der Waals surface area (Å²) in [4.78, 5) is 52.0. The van der Waals surface area contributed by atoms with E-state index in [4.69, 9.17) is 17.3 Å². The highest BCUT2D eigenvalue weighted by Crippen LogP contribution is 2.32. The maximum absolute atomic E-state index is 13.9. The Balaban J connectivity index is 1.11. The molecule has 11 nitrogen and oxygen atoms in total. The number of carbonyl (C=O) groups is 3. The first-order chi connectivity index (χ1) is 21.3. The van der Waals surface area contributed by atoms with Crippen LogP contribution < -0.4 is 21.3 Å². The first kappa shape index (κ1) is 30.0. The average molecular weight is 637 g/mol. The number of piperazine rings is 1. The monoisotopic (exact) mass is 636 g/mol. The van der Waals surface area contributed by atoms with Crippen LogP contribution in [0.2, 0.25) is 5.02 Å². The fourth-order valence-corrected chi connectivity index (χ4v) is 7.34. The molecule has 2 fully saturated rings. The fourth-order valence-electron chi connectivity index (χ4n) is 6.25. The molecule has 3 aromatic rings. The fraction of sp³-hybridized carbons (Fsp3) is 0.419. The summed E-state index contributed by atoms with van der Waals surface area (Å²) < 4.78 is 0. The van der Waals surface area contributed by atoms with Crippen molar-refractivity contribution in [3.63, 3.8) is 0 Å². The van der Waals surface area contributed by atoms with Crippen LogP contribution in [-0.2, 0) is 17.8 Å². The Bertz CT molecular complexity index is 1500. The molecule has 0 unspecified atom stereocenters. The number of nitrogen functional groups attached to an aromatic ring is 1. The number of aryl methyl sites for hydroxylation is 1. The summed E-state index contributed by atoms with van der Waals surface area (Å²) >= 11 is 7.92. The van der Waals surface area contributed by atoms with Gasteiger partial charge in [-0.05, 0) is 60.5 Å². The van der Waals surface area contributed by atoms with Gasteiger partial charge in [-0.15, -0.1) is 11.3 Å². The normalized spacial score (nSPS) is 18.1. The number of nitrogens with one attached hydrogen (secondary N) is 2. The number of anilines is 3. The number of hydrogen-bond acceptors (Lipinski definition) is 7. The van der Waals surface area contributed by atoms with Gasteiger partial charge in [0.25, 0.3) is 0 Å². The zero-order chi connectivity index (χ0) is 30.8. The van der Waals surface area contributed by atoms with Crippen LogP contribution in [0.1, 0.15) is 29.5 Å². The first-order valence-corrected chi connectivity index (χ1v) is 16.2. The molecule has 0 bridgehead atoms. The van der Waals surface area contributed by atoms with Crippen LogP contribution in [0.3, 0.4) is 0 Å². The van der Waals surface area contributed by atoms with Crippen molar-refractivity contribution in [2.45, 2.75) is 44.8 Å². The Morgan fingerprint density at radius 1 is 1.09 bits per heavy atom. The molecule has 6 rings (SSSR count). The lowest BCUT2D eigenvalue weighted by Gasteiger charge is -2.40. The predicted molar refractivity (Wildman–Crippen MR) is 173 cm³/mol. The third-order valence-corrected chi connectivity index (χ3v) is 10.00. The van der Waals surface area contributed by atoms with Crippen LogP contribution in [0.15, 0.2) is 48.1 Å². The van der Waals surface area contributed by atoms with Crippen LogP contribution in [0.25, 0.3) is 0 Å². The van der Waals surface area contributed by atoms with Crippen molar-refractivity contribution >= 4 is 57.3 Å². The Morgan fingerprint density at radius 3 is 2.52 bits per heavy atom. The van der Waals surface area contributed by atoms with E-state index in [0.717, 1.165) is 27.4 Å². The van der Waals surface area contributed by atoms with Gasteiger partial charge < -0.3 is 30.7 Å². The summed E-state index contributed by atoms with van der Waals surface area (Å²) in [6, 6.07) is 8.57. The van der Waals surface area contributed by atoms with Gasteiger partial charge in [0, 0.05) is 75.4 Å². The first-order valence-electron chi connectivity index (χ1n) is 14.9. The number of nitrogens with two attached hydrogens (primary N) is 1. The van der Waals surface area contributed by atoms with Crippen LogP contribution in [-0.4, -0.2) is 89.0 Å². The lowest BCUT2D eigenvalue weighted by molar-refractivity contribution is -0.133. The molecule has 2 aromatic heterocycles. The summed E-state index contributed by atoms with van der Waals surface area (Å²) in [7, 11) is 0. The summed E-state index contributed by atoms with van der Waals surface area (Å²) in [6.45, 7) is 5.92. The summed E-state index contributed by atoms with van der Waals surface area (Å²) in [6.07, 6.45) is 5.16. The molecule has 3 aliphatic heterocycles. The van der Waals surface area contributed by atoms with Gasteiger partial charge >= 0.3 is 12.1 Å². The minimum absolute atomic E-state index is 0.0427. The van der Waals surface area contributed by atoms with Gasteiger partial charge in [0.15, 0.2) is 0 Å². The van der Waals surface area contributed by atoms with E-state index in [1.807, 2.05) is 46.4 Å². The minimum Gasteiger partial charge on any atom is -0.397 e. The van der Waals surface area contributed by atoms with Gasteiger partial charge in [-0.1, -0.05) is 17.7 Å². The number of carbonyl (C=O) groups excluding carboxylic acids is 3. The maximum Gasteiger partial charge on any atom is 0.323 e. The number of likely N-dealkylation sites (tertiary alicyclic amines) is 1. The second kappa shape index (κ2) is 12.9. The number of amides is 5. The van der Waals surface area contributed by atoms with Crippen molar-refractivity contribution in [2.24, 2.45) is 0 Å². The van der Waals surface area contributed by atoms with E-state index in [1.54, 1.807) is 23.4 Å². The molecular weight excluding hydrogens is 600 g/mol. The van der Waals surface area contributed by atoms with Crippen LogP contribution >= 0.6 is 22.9 Å². The number of nitrogens with zero attached hydrogens (tertiary/aromatic N) is 5. The van der Waals surface area contributed by atoms with Gasteiger partial charge in [0.1, 0.15) is 11.0 Å². The van der Waals surface area contributed by atoms with E-state index < -0.39 is 6.04 Å². The number of piperidine rings is 1. The smallest absolute Gasteiger partial charge is 0.323 e. The van der Waals surface area contributed by atoms with Crippen molar-refractivity contribution in [1.29, 1.82) is 0 Å². The third kappa shape index (κ3) is 6.41. The van der Waals surface area contributed by atoms with Gasteiger partial charge in [-0.2, -0.15) is 0 Å². The highest BCUT2D eigenvalue weighted by atomic mass is 35.5. The van der Waals surface area contributed by atoms with E-state index in [-0.39, 0.29) is 24.0 Å². The molecule has 5 heterocycles. The number of pyridine rings is 1. The number of benzene rings is 1. The quantitative estimate of drug-likeness (QED) is 0.349. The molecule has 3 aliphatic rings.